The molecule has 2 aromatic rings. The Hall–Kier alpha value is -1.28. The van der Waals surface area contributed by atoms with Crippen LogP contribution in [0.4, 0.5) is 0 Å². The van der Waals surface area contributed by atoms with Gasteiger partial charge in [0.25, 0.3) is 0 Å². The summed E-state index contributed by atoms with van der Waals surface area (Å²) in [6, 6.07) is 5.42. The van der Waals surface area contributed by atoms with Crippen molar-refractivity contribution in [3.05, 3.63) is 34.5 Å². The molecule has 0 amide bonds. The zero-order chi connectivity index (χ0) is 11.9. The molecule has 0 N–H and O–H groups in total. The van der Waals surface area contributed by atoms with E-state index in [1.807, 2.05) is 6.07 Å². The first kappa shape index (κ1) is 11.2. The van der Waals surface area contributed by atoms with Crippen LogP contribution in [-0.2, 0) is 0 Å². The Labute approximate surface area is 99.2 Å². The summed E-state index contributed by atoms with van der Waals surface area (Å²) in [5.41, 5.74) is 1.28. The van der Waals surface area contributed by atoms with Gasteiger partial charge in [-0.25, -0.2) is 0 Å². The Kier molecular flexibility index (Phi) is 2.76. The van der Waals surface area contributed by atoms with Crippen molar-refractivity contribution in [2.75, 3.05) is 0 Å². The monoisotopic (exact) mass is 236 g/mol. The van der Waals surface area contributed by atoms with Crippen LogP contribution in [0, 0.1) is 0 Å². The van der Waals surface area contributed by atoms with Gasteiger partial charge in [-0.15, -0.1) is 0 Å². The number of benzene rings is 1. The Morgan fingerprint density at radius 2 is 2.06 bits per heavy atom. The molecular weight excluding hydrogens is 224 g/mol. The third kappa shape index (κ3) is 1.74. The lowest BCUT2D eigenvalue weighted by Crippen LogP contribution is -1.92. The minimum absolute atomic E-state index is 0.0285. The van der Waals surface area contributed by atoms with Gasteiger partial charge >= 0.3 is 0 Å². The van der Waals surface area contributed by atoms with E-state index in [4.69, 9.17) is 16.0 Å². The van der Waals surface area contributed by atoms with Crippen LogP contribution in [0.3, 0.4) is 0 Å². The summed E-state index contributed by atoms with van der Waals surface area (Å²) in [7, 11) is 0. The van der Waals surface area contributed by atoms with Gasteiger partial charge in [0.15, 0.2) is 5.78 Å². The van der Waals surface area contributed by atoms with E-state index in [2.05, 4.69) is 13.8 Å². The first-order valence-electron chi connectivity index (χ1n) is 5.23. The summed E-state index contributed by atoms with van der Waals surface area (Å²) >= 11 is 6.17. The van der Waals surface area contributed by atoms with E-state index in [1.54, 1.807) is 12.1 Å². The maximum absolute atomic E-state index is 11.3. The molecule has 0 spiro atoms. The number of ketones is 1. The van der Waals surface area contributed by atoms with Gasteiger partial charge in [-0.05, 0) is 25.1 Å². The van der Waals surface area contributed by atoms with E-state index < -0.39 is 0 Å². The van der Waals surface area contributed by atoms with Crippen LogP contribution in [0.1, 0.15) is 42.8 Å². The van der Waals surface area contributed by atoms with Gasteiger partial charge in [-0.1, -0.05) is 25.4 Å². The highest BCUT2D eigenvalue weighted by atomic mass is 35.5. The van der Waals surface area contributed by atoms with E-state index in [0.29, 0.717) is 16.5 Å². The van der Waals surface area contributed by atoms with Gasteiger partial charge in [0.2, 0.25) is 0 Å². The van der Waals surface area contributed by atoms with Crippen molar-refractivity contribution < 1.29 is 9.21 Å². The predicted octanol–water partition coefficient (Wildman–Crippen LogP) is 4.41. The largest absolute Gasteiger partial charge is 0.461 e. The maximum atomic E-state index is 11.3. The molecule has 0 saturated heterocycles. The second kappa shape index (κ2) is 3.95. The number of furan rings is 1. The highest BCUT2D eigenvalue weighted by molar-refractivity contribution is 6.38. The van der Waals surface area contributed by atoms with Crippen molar-refractivity contribution >= 4 is 28.4 Å². The van der Waals surface area contributed by atoms with E-state index in [9.17, 15) is 4.79 Å². The maximum Gasteiger partial charge on any atom is 0.161 e. The molecule has 1 heterocycles. The fraction of sp³-hybridized carbons (Fsp3) is 0.308. The SMILES string of the molecule is CC(=O)c1ccc2oc(C(C)C)cc2c1Cl. The van der Waals surface area contributed by atoms with Gasteiger partial charge in [0, 0.05) is 16.9 Å². The fourth-order valence-corrected chi connectivity index (χ4v) is 2.00. The number of halogens is 1. The number of Topliss-reactive ketones (excluding diaryl/α,β-unsaturated/α-hetero) is 1. The molecule has 16 heavy (non-hydrogen) atoms. The zero-order valence-electron chi connectivity index (χ0n) is 9.50. The number of carbonyl (C=O) groups is 1. The van der Waals surface area contributed by atoms with Gasteiger partial charge in [0.05, 0.1) is 5.02 Å². The van der Waals surface area contributed by atoms with Crippen molar-refractivity contribution in [1.82, 2.24) is 0 Å². The second-order valence-electron chi connectivity index (χ2n) is 4.20. The first-order valence-corrected chi connectivity index (χ1v) is 5.61. The lowest BCUT2D eigenvalue weighted by atomic mass is 10.1. The van der Waals surface area contributed by atoms with Crippen molar-refractivity contribution in [3.63, 3.8) is 0 Å². The van der Waals surface area contributed by atoms with Crippen molar-refractivity contribution in [3.8, 4) is 0 Å². The van der Waals surface area contributed by atoms with Gasteiger partial charge in [0.1, 0.15) is 11.3 Å². The van der Waals surface area contributed by atoms with E-state index in [1.165, 1.54) is 6.92 Å². The third-order valence-electron chi connectivity index (χ3n) is 2.60. The van der Waals surface area contributed by atoms with Crippen LogP contribution in [0.2, 0.25) is 5.02 Å². The minimum atomic E-state index is -0.0285. The van der Waals surface area contributed by atoms with Crippen molar-refractivity contribution in [1.29, 1.82) is 0 Å². The number of fused-ring (bicyclic) bond motifs is 1. The molecule has 0 aliphatic heterocycles. The summed E-state index contributed by atoms with van der Waals surface area (Å²) in [5.74, 6) is 1.17. The molecule has 1 aromatic heterocycles. The van der Waals surface area contributed by atoms with E-state index in [-0.39, 0.29) is 5.78 Å². The average Bonchev–Trinajstić information content (AvgIpc) is 2.62. The normalized spacial score (nSPS) is 11.3. The van der Waals surface area contributed by atoms with Crippen LogP contribution in [0.5, 0.6) is 0 Å². The Morgan fingerprint density at radius 3 is 2.62 bits per heavy atom. The highest BCUT2D eigenvalue weighted by Gasteiger charge is 2.14. The molecule has 2 nitrogen and oxygen atoms in total. The summed E-state index contributed by atoms with van der Waals surface area (Å²) in [6.45, 7) is 5.62. The molecule has 0 saturated carbocycles. The molecule has 84 valence electrons. The molecule has 3 heteroatoms. The van der Waals surface area contributed by atoms with Crippen molar-refractivity contribution in [2.45, 2.75) is 26.7 Å². The minimum Gasteiger partial charge on any atom is -0.461 e. The van der Waals surface area contributed by atoms with E-state index in [0.717, 1.165) is 16.7 Å². The van der Waals surface area contributed by atoms with Gasteiger partial charge in [-0.2, -0.15) is 0 Å². The molecule has 0 radical (unpaired) electrons. The molecule has 2 rings (SSSR count). The lowest BCUT2D eigenvalue weighted by molar-refractivity contribution is 0.101. The number of rotatable bonds is 2. The van der Waals surface area contributed by atoms with Crippen LogP contribution < -0.4 is 0 Å². The van der Waals surface area contributed by atoms with Crippen LogP contribution in [-0.4, -0.2) is 5.78 Å². The third-order valence-corrected chi connectivity index (χ3v) is 3.01. The molecule has 0 aliphatic rings. The Balaban J connectivity index is 2.69. The van der Waals surface area contributed by atoms with E-state index >= 15 is 0 Å². The molecule has 0 unspecified atom stereocenters. The van der Waals surface area contributed by atoms with Gasteiger partial charge < -0.3 is 4.42 Å². The molecule has 1 aromatic carbocycles. The predicted molar refractivity (Wildman–Crippen MR) is 65.3 cm³/mol. The smallest absolute Gasteiger partial charge is 0.161 e. The molecule has 0 aliphatic carbocycles. The summed E-state index contributed by atoms with van der Waals surface area (Å²) in [5, 5.41) is 1.30. The number of hydrogen-bond donors (Lipinski definition) is 0. The second-order valence-corrected chi connectivity index (χ2v) is 4.58. The molecule has 0 bridgehead atoms. The highest BCUT2D eigenvalue weighted by Crippen LogP contribution is 2.32. The topological polar surface area (TPSA) is 30.2 Å². The lowest BCUT2D eigenvalue weighted by Gasteiger charge is -1.99. The summed E-state index contributed by atoms with van der Waals surface area (Å²) in [4.78, 5) is 11.3. The standard InChI is InChI=1S/C13H13ClO2/c1-7(2)12-6-10-11(16-12)5-4-9(8(3)15)13(10)14/h4-7H,1-3H3. The van der Waals surface area contributed by atoms with Crippen LogP contribution >= 0.6 is 11.6 Å². The summed E-state index contributed by atoms with van der Waals surface area (Å²) < 4.78 is 5.65. The molecule has 0 fully saturated rings. The average molecular weight is 237 g/mol. The number of hydrogen-bond acceptors (Lipinski definition) is 2. The number of carbonyl (C=O) groups excluding carboxylic acids is 1. The Bertz CT molecular complexity index is 552. The van der Waals surface area contributed by atoms with Gasteiger partial charge in [-0.3, -0.25) is 4.79 Å². The van der Waals surface area contributed by atoms with Crippen molar-refractivity contribution in [2.24, 2.45) is 0 Å². The fourth-order valence-electron chi connectivity index (χ4n) is 1.65. The molecular formula is C13H13ClO2. The molecule has 0 atom stereocenters. The Morgan fingerprint density at radius 1 is 1.38 bits per heavy atom. The summed E-state index contributed by atoms with van der Waals surface area (Å²) in [6.07, 6.45) is 0. The van der Waals surface area contributed by atoms with Crippen LogP contribution in [0.15, 0.2) is 22.6 Å². The quantitative estimate of drug-likeness (QED) is 0.723. The first-order chi connectivity index (χ1) is 7.50. The zero-order valence-corrected chi connectivity index (χ0v) is 10.3. The van der Waals surface area contributed by atoms with Crippen LogP contribution in [0.25, 0.3) is 11.0 Å².